The van der Waals surface area contributed by atoms with E-state index >= 15 is 0 Å². The first kappa shape index (κ1) is 25.6. The van der Waals surface area contributed by atoms with Crippen LogP contribution in [0.25, 0.3) is 11.3 Å². The molecule has 0 fully saturated rings. The Morgan fingerprint density at radius 1 is 0.973 bits per heavy atom. The zero-order chi connectivity index (χ0) is 26.7. The number of benzene rings is 1. The predicted molar refractivity (Wildman–Crippen MR) is 138 cm³/mol. The lowest BCUT2D eigenvalue weighted by atomic mass is 10.1. The lowest BCUT2D eigenvalue weighted by Crippen LogP contribution is -2.31. The maximum Gasteiger partial charge on any atom is 0.281 e. The van der Waals surface area contributed by atoms with Gasteiger partial charge in [-0.25, -0.2) is 19.7 Å². The van der Waals surface area contributed by atoms with E-state index in [2.05, 4.69) is 15.0 Å². The van der Waals surface area contributed by atoms with Crippen LogP contribution < -0.4 is 19.9 Å². The molecule has 3 N–H and O–H groups in total. The summed E-state index contributed by atoms with van der Waals surface area (Å²) in [4.78, 5) is 25.7. The Labute approximate surface area is 214 Å². The molecule has 0 unspecified atom stereocenters. The fourth-order valence-electron chi connectivity index (χ4n) is 3.74. The van der Waals surface area contributed by atoms with Gasteiger partial charge in [-0.05, 0) is 62.2 Å². The third-order valence-electron chi connectivity index (χ3n) is 5.40. The highest BCUT2D eigenvalue weighted by Gasteiger charge is 2.25. The van der Waals surface area contributed by atoms with Gasteiger partial charge < -0.3 is 15.2 Å². The Balaban J connectivity index is 1.77. The van der Waals surface area contributed by atoms with Gasteiger partial charge in [0.05, 0.1) is 12.8 Å². The van der Waals surface area contributed by atoms with Gasteiger partial charge in [-0.1, -0.05) is 23.8 Å². The van der Waals surface area contributed by atoms with Crippen molar-refractivity contribution in [2.75, 3.05) is 12.8 Å². The van der Waals surface area contributed by atoms with Crippen molar-refractivity contribution in [2.45, 2.75) is 25.8 Å². The third-order valence-corrected chi connectivity index (χ3v) is 6.63. The summed E-state index contributed by atoms with van der Waals surface area (Å²) < 4.78 is 38.9. The summed E-state index contributed by atoms with van der Waals surface area (Å²) in [5.74, 6) is -0.0612. The average Bonchev–Trinajstić information content (AvgIpc) is 2.86. The molecule has 0 aliphatic heterocycles. The van der Waals surface area contributed by atoms with Crippen LogP contribution in [0.5, 0.6) is 17.5 Å². The Bertz CT molecular complexity index is 1560. The Kier molecular flexibility index (Phi) is 7.07. The topological polar surface area (TPSA) is 146 Å². The molecule has 190 valence electrons. The molecule has 0 radical (unpaired) electrons. The number of methoxy groups -OCH3 is 1. The summed E-state index contributed by atoms with van der Waals surface area (Å²) in [5.41, 5.74) is 9.34. The van der Waals surface area contributed by atoms with Gasteiger partial charge in [0, 0.05) is 17.8 Å². The first-order chi connectivity index (χ1) is 17.6. The van der Waals surface area contributed by atoms with Crippen molar-refractivity contribution < 1.29 is 22.7 Å². The van der Waals surface area contributed by atoms with Crippen LogP contribution in [-0.4, -0.2) is 36.4 Å². The first-order valence-electron chi connectivity index (χ1n) is 11.1. The van der Waals surface area contributed by atoms with Crippen molar-refractivity contribution >= 4 is 21.7 Å². The Morgan fingerprint density at radius 3 is 2.32 bits per heavy atom. The van der Waals surface area contributed by atoms with Crippen LogP contribution in [0, 0.1) is 20.8 Å². The number of aryl methyl sites for hydroxylation is 3. The van der Waals surface area contributed by atoms with Crippen molar-refractivity contribution in [2.24, 2.45) is 0 Å². The summed E-state index contributed by atoms with van der Waals surface area (Å²) in [6, 6.07) is 14.4. The molecule has 0 spiro atoms. The minimum atomic E-state index is -4.31. The number of nitrogen functional groups attached to an aromatic ring is 1. The molecule has 37 heavy (non-hydrogen) atoms. The minimum Gasteiger partial charge on any atom is -0.481 e. The third kappa shape index (κ3) is 5.67. The number of rotatable bonds is 7. The normalized spacial score (nSPS) is 11.1. The van der Waals surface area contributed by atoms with Crippen LogP contribution >= 0.6 is 0 Å². The highest BCUT2D eigenvalue weighted by Crippen LogP contribution is 2.32. The van der Waals surface area contributed by atoms with E-state index in [1.165, 1.54) is 31.4 Å². The van der Waals surface area contributed by atoms with Gasteiger partial charge in [0.15, 0.2) is 5.03 Å². The van der Waals surface area contributed by atoms with Crippen LogP contribution in [0.2, 0.25) is 0 Å². The molecule has 4 aromatic rings. The molecule has 3 heterocycles. The molecule has 0 saturated carbocycles. The summed E-state index contributed by atoms with van der Waals surface area (Å²) in [7, 11) is -2.80. The lowest BCUT2D eigenvalue weighted by Gasteiger charge is -2.16. The number of amides is 1. The monoisotopic (exact) mass is 519 g/mol. The number of aromatic nitrogens is 3. The zero-order valence-corrected chi connectivity index (χ0v) is 21.5. The molecular formula is C26H25N5O5S. The Hall–Kier alpha value is -4.51. The molecule has 11 heteroatoms. The van der Waals surface area contributed by atoms with Crippen LogP contribution in [0.15, 0.2) is 65.8 Å². The zero-order valence-electron chi connectivity index (χ0n) is 20.6. The van der Waals surface area contributed by atoms with Gasteiger partial charge in [0.1, 0.15) is 17.1 Å². The van der Waals surface area contributed by atoms with Crippen LogP contribution in [-0.2, 0) is 10.0 Å². The minimum absolute atomic E-state index is 0.00351. The maximum atomic E-state index is 13.2. The predicted octanol–water partition coefficient (Wildman–Crippen LogP) is 3.97. The van der Waals surface area contributed by atoms with Crippen LogP contribution in [0.3, 0.4) is 0 Å². The second-order valence-electron chi connectivity index (χ2n) is 8.30. The SMILES string of the molecule is COc1ccc(-c2ccc(C(=O)NS(=O)(=O)c3cccc(N)n3)c(Oc3c(C)cc(C)cc3C)n2)cn1. The molecule has 0 saturated heterocycles. The van der Waals surface area contributed by atoms with Gasteiger partial charge in [0.25, 0.3) is 15.9 Å². The van der Waals surface area contributed by atoms with Gasteiger partial charge >= 0.3 is 0 Å². The highest BCUT2D eigenvalue weighted by atomic mass is 32.2. The number of sulfonamides is 1. The second-order valence-corrected chi connectivity index (χ2v) is 9.93. The summed E-state index contributed by atoms with van der Waals surface area (Å²) in [6.45, 7) is 5.72. The number of nitrogens with one attached hydrogen (secondary N) is 1. The van der Waals surface area contributed by atoms with E-state index in [4.69, 9.17) is 15.2 Å². The van der Waals surface area contributed by atoms with Crippen LogP contribution in [0.4, 0.5) is 5.82 Å². The summed E-state index contributed by atoms with van der Waals surface area (Å²) in [5, 5.41) is -0.387. The van der Waals surface area contributed by atoms with Crippen LogP contribution in [0.1, 0.15) is 27.0 Å². The number of anilines is 1. The van der Waals surface area contributed by atoms with Gasteiger partial charge in [0.2, 0.25) is 11.8 Å². The van der Waals surface area contributed by atoms with E-state index in [9.17, 15) is 13.2 Å². The first-order valence-corrected chi connectivity index (χ1v) is 12.6. The van der Waals surface area contributed by atoms with Gasteiger partial charge in [-0.15, -0.1) is 0 Å². The number of hydrogen-bond acceptors (Lipinski definition) is 9. The van der Waals surface area contributed by atoms with Gasteiger partial charge in [-0.2, -0.15) is 8.42 Å². The average molecular weight is 520 g/mol. The number of hydrogen-bond donors (Lipinski definition) is 2. The van der Waals surface area contributed by atoms with Crippen molar-refractivity contribution in [1.29, 1.82) is 0 Å². The quantitative estimate of drug-likeness (QED) is 0.370. The molecule has 3 aromatic heterocycles. The number of ether oxygens (including phenoxy) is 2. The van der Waals surface area contributed by atoms with Crippen molar-refractivity contribution in [3.8, 4) is 28.8 Å². The van der Waals surface area contributed by atoms with E-state index in [1.54, 1.807) is 24.4 Å². The second kappa shape index (κ2) is 10.2. The number of pyridine rings is 3. The summed E-state index contributed by atoms with van der Waals surface area (Å²) in [6.07, 6.45) is 1.57. The molecule has 0 bridgehead atoms. The molecule has 0 atom stereocenters. The van der Waals surface area contributed by atoms with E-state index in [-0.39, 0.29) is 22.3 Å². The van der Waals surface area contributed by atoms with E-state index in [1.807, 2.05) is 37.6 Å². The molecule has 1 amide bonds. The van der Waals surface area contributed by atoms with E-state index < -0.39 is 15.9 Å². The molecular weight excluding hydrogens is 494 g/mol. The van der Waals surface area contributed by atoms with E-state index in [0.29, 0.717) is 22.9 Å². The number of carbonyl (C=O) groups is 1. The maximum absolute atomic E-state index is 13.2. The van der Waals surface area contributed by atoms with Crippen molar-refractivity contribution in [1.82, 2.24) is 19.7 Å². The lowest BCUT2D eigenvalue weighted by molar-refractivity contribution is 0.0978. The fraction of sp³-hybridized carbons (Fsp3) is 0.154. The van der Waals surface area contributed by atoms with E-state index in [0.717, 1.165) is 16.7 Å². The molecule has 0 aliphatic rings. The molecule has 10 nitrogen and oxygen atoms in total. The van der Waals surface area contributed by atoms with Gasteiger partial charge in [-0.3, -0.25) is 4.79 Å². The number of nitrogens with two attached hydrogens (primary N) is 1. The fourth-order valence-corrected chi connectivity index (χ4v) is 4.68. The largest absolute Gasteiger partial charge is 0.481 e. The summed E-state index contributed by atoms with van der Waals surface area (Å²) >= 11 is 0. The van der Waals surface area contributed by atoms with Crippen molar-refractivity contribution in [3.63, 3.8) is 0 Å². The van der Waals surface area contributed by atoms with Crippen molar-refractivity contribution in [3.05, 3.63) is 83.0 Å². The highest BCUT2D eigenvalue weighted by molar-refractivity contribution is 7.90. The Morgan fingerprint density at radius 2 is 1.70 bits per heavy atom. The molecule has 1 aromatic carbocycles. The number of nitrogens with zero attached hydrogens (tertiary/aromatic N) is 3. The standard InChI is InChI=1S/C26H25N5O5S/c1-15-12-16(2)24(17(3)13-15)36-26-19(9-10-20(29-26)18-8-11-22(35-4)28-14-18)25(32)31-37(33,34)23-7-5-6-21(27)30-23/h5-14H,1-4H3,(H2,27,30)(H,31,32). The molecule has 4 rings (SSSR count). The number of carbonyl (C=O) groups excluding carboxylic acids is 1. The smallest absolute Gasteiger partial charge is 0.281 e. The molecule has 0 aliphatic carbocycles.